The molecule has 1 saturated heterocycles. The van der Waals surface area contributed by atoms with E-state index in [1.165, 1.54) is 43.3 Å². The normalized spacial score (nSPS) is 17.3. The fraction of sp³-hybridized carbons (Fsp3) is 0.211. The molecule has 2 aromatic rings. The number of hydrogen-bond donors (Lipinski definition) is 1. The third-order valence-electron chi connectivity index (χ3n) is 4.21. The molecule has 0 radical (unpaired) electrons. The summed E-state index contributed by atoms with van der Waals surface area (Å²) in [6.07, 6.45) is -4.68. The van der Waals surface area contributed by atoms with Crippen molar-refractivity contribution in [3.63, 3.8) is 0 Å². The van der Waals surface area contributed by atoms with E-state index in [1.807, 2.05) is 0 Å². The van der Waals surface area contributed by atoms with Crippen molar-refractivity contribution in [2.45, 2.75) is 25.6 Å². The zero-order valence-electron chi connectivity index (χ0n) is 14.2. The molecular weight excluding hydrogens is 361 g/mol. The Morgan fingerprint density at radius 3 is 2.37 bits per heavy atom. The van der Waals surface area contributed by atoms with Crippen LogP contribution < -0.4 is 10.2 Å². The van der Waals surface area contributed by atoms with Crippen molar-refractivity contribution < 1.29 is 27.6 Å². The molecule has 0 aliphatic carbocycles. The number of halogens is 3. The summed E-state index contributed by atoms with van der Waals surface area (Å²) in [5, 5.41) is 2.70. The van der Waals surface area contributed by atoms with Gasteiger partial charge in [0.1, 0.15) is 6.04 Å². The molecule has 1 aliphatic rings. The standard InChI is InChI=1S/C19H15F3N2O3/c1-11(25)12-5-7-15(8-6-12)24-17(26)10-16(18(24)27)23-14-4-2-3-13(9-14)19(20,21)22/h2-9,16,23H,10H2,1H3/t16-/m1/s1. The molecule has 3 rings (SSSR count). The first-order valence-electron chi connectivity index (χ1n) is 8.08. The third kappa shape index (κ3) is 3.84. The second-order valence-corrected chi connectivity index (χ2v) is 6.15. The van der Waals surface area contributed by atoms with Gasteiger partial charge in [0.25, 0.3) is 5.91 Å². The van der Waals surface area contributed by atoms with Crippen LogP contribution in [-0.2, 0) is 15.8 Å². The van der Waals surface area contributed by atoms with E-state index in [-0.39, 0.29) is 17.9 Å². The highest BCUT2D eigenvalue weighted by Crippen LogP contribution is 2.31. The van der Waals surface area contributed by atoms with Crippen molar-refractivity contribution in [1.82, 2.24) is 0 Å². The van der Waals surface area contributed by atoms with Gasteiger partial charge in [-0.3, -0.25) is 14.4 Å². The second-order valence-electron chi connectivity index (χ2n) is 6.15. The smallest absolute Gasteiger partial charge is 0.373 e. The van der Waals surface area contributed by atoms with E-state index in [0.29, 0.717) is 11.3 Å². The Balaban J connectivity index is 1.79. The summed E-state index contributed by atoms with van der Waals surface area (Å²) in [6.45, 7) is 1.40. The van der Waals surface area contributed by atoms with Gasteiger partial charge >= 0.3 is 6.18 Å². The number of hydrogen-bond acceptors (Lipinski definition) is 4. The van der Waals surface area contributed by atoms with Crippen molar-refractivity contribution in [3.8, 4) is 0 Å². The Hall–Kier alpha value is -3.16. The number of carbonyl (C=O) groups excluding carboxylic acids is 3. The molecule has 1 N–H and O–H groups in total. The molecule has 2 aromatic carbocycles. The van der Waals surface area contributed by atoms with E-state index in [9.17, 15) is 27.6 Å². The minimum absolute atomic E-state index is 0.102. The number of alkyl halides is 3. The molecule has 2 amide bonds. The maximum atomic E-state index is 12.8. The summed E-state index contributed by atoms with van der Waals surface area (Å²) < 4.78 is 38.4. The van der Waals surface area contributed by atoms with Crippen LogP contribution in [0.25, 0.3) is 0 Å². The van der Waals surface area contributed by atoms with Crippen LogP contribution in [0.2, 0.25) is 0 Å². The minimum atomic E-state index is -4.50. The van der Waals surface area contributed by atoms with Gasteiger partial charge in [-0.25, -0.2) is 4.90 Å². The molecule has 1 fully saturated rings. The summed E-state index contributed by atoms with van der Waals surface area (Å²) in [6, 6.07) is 9.46. The first kappa shape index (κ1) is 18.6. The monoisotopic (exact) mass is 376 g/mol. The SMILES string of the molecule is CC(=O)c1ccc(N2C(=O)C[C@@H](Nc3cccc(C(F)(F)F)c3)C2=O)cc1. The predicted octanol–water partition coefficient (Wildman–Crippen LogP) is 3.65. The summed E-state index contributed by atoms with van der Waals surface area (Å²) in [5.74, 6) is -1.18. The Morgan fingerprint density at radius 1 is 1.11 bits per heavy atom. The fourth-order valence-electron chi connectivity index (χ4n) is 2.85. The van der Waals surface area contributed by atoms with Crippen molar-refractivity contribution in [3.05, 3.63) is 59.7 Å². The van der Waals surface area contributed by atoms with Crippen LogP contribution in [0.4, 0.5) is 24.5 Å². The quantitative estimate of drug-likeness (QED) is 0.653. The van der Waals surface area contributed by atoms with Gasteiger partial charge in [-0.2, -0.15) is 13.2 Å². The topological polar surface area (TPSA) is 66.5 Å². The van der Waals surface area contributed by atoms with E-state index < -0.39 is 29.6 Å². The largest absolute Gasteiger partial charge is 0.416 e. The van der Waals surface area contributed by atoms with E-state index in [0.717, 1.165) is 17.0 Å². The maximum absolute atomic E-state index is 12.8. The number of ketones is 1. The molecule has 27 heavy (non-hydrogen) atoms. The Bertz CT molecular complexity index is 907. The molecule has 0 unspecified atom stereocenters. The number of benzene rings is 2. The number of amides is 2. The first-order chi connectivity index (χ1) is 12.7. The number of imide groups is 1. The van der Waals surface area contributed by atoms with Crippen LogP contribution in [0.3, 0.4) is 0 Å². The number of rotatable bonds is 4. The second kappa shape index (κ2) is 6.86. The maximum Gasteiger partial charge on any atom is 0.416 e. The number of anilines is 2. The highest BCUT2D eigenvalue weighted by atomic mass is 19.4. The van der Waals surface area contributed by atoms with Crippen LogP contribution >= 0.6 is 0 Å². The molecule has 1 heterocycles. The third-order valence-corrected chi connectivity index (χ3v) is 4.21. The Labute approximate surface area is 152 Å². The van der Waals surface area contributed by atoms with Gasteiger partial charge in [0.05, 0.1) is 17.7 Å². The molecule has 5 nitrogen and oxygen atoms in total. The molecule has 8 heteroatoms. The summed E-state index contributed by atoms with van der Waals surface area (Å²) in [4.78, 5) is 37.1. The zero-order valence-corrected chi connectivity index (χ0v) is 14.2. The zero-order chi connectivity index (χ0) is 19.8. The molecule has 140 valence electrons. The van der Waals surface area contributed by atoms with Crippen molar-refractivity contribution in [2.75, 3.05) is 10.2 Å². The van der Waals surface area contributed by atoms with Gasteiger partial charge in [0.15, 0.2) is 5.78 Å². The molecular formula is C19H15F3N2O3. The molecule has 0 aromatic heterocycles. The van der Waals surface area contributed by atoms with Gasteiger partial charge in [0.2, 0.25) is 5.91 Å². The summed E-state index contributed by atoms with van der Waals surface area (Å²) in [7, 11) is 0. The van der Waals surface area contributed by atoms with Gasteiger partial charge in [0, 0.05) is 11.3 Å². The first-order valence-corrected chi connectivity index (χ1v) is 8.08. The Kier molecular flexibility index (Phi) is 4.73. The predicted molar refractivity (Wildman–Crippen MR) is 92.4 cm³/mol. The van der Waals surface area contributed by atoms with E-state index >= 15 is 0 Å². The average Bonchev–Trinajstić information content (AvgIpc) is 2.88. The van der Waals surface area contributed by atoms with Crippen LogP contribution in [0.1, 0.15) is 29.3 Å². The van der Waals surface area contributed by atoms with Crippen LogP contribution in [0, 0.1) is 0 Å². The average molecular weight is 376 g/mol. The minimum Gasteiger partial charge on any atom is -0.373 e. The van der Waals surface area contributed by atoms with Gasteiger partial charge in [-0.05, 0) is 49.4 Å². The summed E-state index contributed by atoms with van der Waals surface area (Å²) in [5.41, 5.74) is 0.00512. The molecule has 1 aliphatic heterocycles. The fourth-order valence-corrected chi connectivity index (χ4v) is 2.85. The van der Waals surface area contributed by atoms with E-state index in [2.05, 4.69) is 5.32 Å². The molecule has 0 spiro atoms. The van der Waals surface area contributed by atoms with Gasteiger partial charge < -0.3 is 5.32 Å². The van der Waals surface area contributed by atoms with Gasteiger partial charge in [-0.15, -0.1) is 0 Å². The lowest BCUT2D eigenvalue weighted by Gasteiger charge is -2.17. The highest BCUT2D eigenvalue weighted by Gasteiger charge is 2.40. The lowest BCUT2D eigenvalue weighted by molar-refractivity contribution is -0.137. The number of nitrogens with one attached hydrogen (secondary N) is 1. The number of nitrogens with zero attached hydrogens (tertiary/aromatic N) is 1. The van der Waals surface area contributed by atoms with Crippen LogP contribution in [0.5, 0.6) is 0 Å². The van der Waals surface area contributed by atoms with E-state index in [4.69, 9.17) is 0 Å². The molecule has 1 atom stereocenters. The molecule has 0 saturated carbocycles. The van der Waals surface area contributed by atoms with E-state index in [1.54, 1.807) is 0 Å². The highest BCUT2D eigenvalue weighted by molar-refractivity contribution is 6.23. The van der Waals surface area contributed by atoms with Gasteiger partial charge in [-0.1, -0.05) is 6.07 Å². The molecule has 0 bridgehead atoms. The lowest BCUT2D eigenvalue weighted by Crippen LogP contribution is -2.34. The van der Waals surface area contributed by atoms with Crippen molar-refractivity contribution >= 4 is 29.0 Å². The van der Waals surface area contributed by atoms with Crippen LogP contribution in [-0.4, -0.2) is 23.6 Å². The van der Waals surface area contributed by atoms with Crippen LogP contribution in [0.15, 0.2) is 48.5 Å². The Morgan fingerprint density at radius 2 is 1.78 bits per heavy atom. The number of Topliss-reactive ketones (excluding diaryl/α,β-unsaturated/α-hetero) is 1. The number of carbonyl (C=O) groups is 3. The summed E-state index contributed by atoms with van der Waals surface area (Å²) >= 11 is 0. The lowest BCUT2D eigenvalue weighted by atomic mass is 10.1. The van der Waals surface area contributed by atoms with Crippen molar-refractivity contribution in [2.24, 2.45) is 0 Å². The van der Waals surface area contributed by atoms with Crippen molar-refractivity contribution in [1.29, 1.82) is 0 Å².